The summed E-state index contributed by atoms with van der Waals surface area (Å²) in [5.41, 5.74) is -0.0689. The van der Waals surface area contributed by atoms with Gasteiger partial charge in [0.1, 0.15) is 17.5 Å². The Morgan fingerprint density at radius 3 is 2.53 bits per heavy atom. The molecule has 1 atom stereocenters. The van der Waals surface area contributed by atoms with E-state index in [4.69, 9.17) is 10.2 Å². The highest BCUT2D eigenvalue weighted by Crippen LogP contribution is 2.22. The molecule has 0 unspecified atom stereocenters. The zero-order valence-corrected chi connectivity index (χ0v) is 10.6. The summed E-state index contributed by atoms with van der Waals surface area (Å²) in [7, 11) is 0. The summed E-state index contributed by atoms with van der Waals surface area (Å²) in [6.45, 7) is 1.92. The van der Waals surface area contributed by atoms with Crippen LogP contribution in [-0.4, -0.2) is 33.2 Å². The molecule has 6 heteroatoms. The van der Waals surface area contributed by atoms with E-state index in [1.807, 2.05) is 6.92 Å². The van der Waals surface area contributed by atoms with Gasteiger partial charge in [-0.05, 0) is 18.6 Å². The summed E-state index contributed by atoms with van der Waals surface area (Å²) in [5, 5.41) is 30.0. The molecule has 0 fully saturated rings. The average molecular weight is 267 g/mol. The van der Waals surface area contributed by atoms with Gasteiger partial charge in [-0.15, -0.1) is 0 Å². The first-order valence-electron chi connectivity index (χ1n) is 6.01. The van der Waals surface area contributed by atoms with Gasteiger partial charge in [-0.2, -0.15) is 0 Å². The molecule has 104 valence electrons. The smallest absolute Gasteiger partial charge is 0.326 e. The highest BCUT2D eigenvalue weighted by Gasteiger charge is 2.21. The monoisotopic (exact) mass is 267 g/mol. The van der Waals surface area contributed by atoms with E-state index >= 15 is 0 Å². The molecule has 6 nitrogen and oxygen atoms in total. The Hall–Kier alpha value is -2.24. The lowest BCUT2D eigenvalue weighted by molar-refractivity contribution is -0.139. The number of hydrogen-bond donors (Lipinski definition) is 4. The molecule has 0 saturated carbocycles. The van der Waals surface area contributed by atoms with Gasteiger partial charge in [-0.25, -0.2) is 4.79 Å². The number of carbonyl (C=O) groups is 2. The molecule has 1 aromatic carbocycles. The van der Waals surface area contributed by atoms with Gasteiger partial charge in [0.05, 0.1) is 5.56 Å². The largest absolute Gasteiger partial charge is 0.508 e. The lowest BCUT2D eigenvalue weighted by atomic mass is 10.1. The van der Waals surface area contributed by atoms with Crippen LogP contribution in [0.2, 0.25) is 0 Å². The SMILES string of the molecule is CCCC[C@H](NC(=O)c1ccc(O)cc1O)C(=O)O. The summed E-state index contributed by atoms with van der Waals surface area (Å²) in [5.74, 6) is -2.35. The van der Waals surface area contributed by atoms with E-state index < -0.39 is 23.7 Å². The molecule has 0 aliphatic carbocycles. The maximum absolute atomic E-state index is 11.8. The molecule has 0 radical (unpaired) electrons. The van der Waals surface area contributed by atoms with Gasteiger partial charge in [0, 0.05) is 6.07 Å². The number of amides is 1. The van der Waals surface area contributed by atoms with Crippen molar-refractivity contribution in [1.29, 1.82) is 0 Å². The van der Waals surface area contributed by atoms with E-state index in [9.17, 15) is 14.7 Å². The van der Waals surface area contributed by atoms with Crippen molar-refractivity contribution in [2.75, 3.05) is 0 Å². The van der Waals surface area contributed by atoms with Gasteiger partial charge >= 0.3 is 5.97 Å². The van der Waals surface area contributed by atoms with Crippen molar-refractivity contribution in [3.05, 3.63) is 23.8 Å². The predicted molar refractivity (Wildman–Crippen MR) is 68.2 cm³/mol. The first-order chi connectivity index (χ1) is 8.95. The van der Waals surface area contributed by atoms with Crippen molar-refractivity contribution in [3.63, 3.8) is 0 Å². The Balaban J connectivity index is 2.78. The summed E-state index contributed by atoms with van der Waals surface area (Å²) in [6.07, 6.45) is 1.83. The van der Waals surface area contributed by atoms with Crippen LogP contribution in [0.3, 0.4) is 0 Å². The number of benzene rings is 1. The van der Waals surface area contributed by atoms with Crippen molar-refractivity contribution in [1.82, 2.24) is 5.32 Å². The number of carboxylic acids is 1. The molecule has 0 saturated heterocycles. The number of carbonyl (C=O) groups excluding carboxylic acids is 1. The fraction of sp³-hybridized carbons (Fsp3) is 0.385. The fourth-order valence-corrected chi connectivity index (χ4v) is 1.61. The third-order valence-corrected chi connectivity index (χ3v) is 2.68. The Labute approximate surface area is 110 Å². The van der Waals surface area contributed by atoms with Crippen molar-refractivity contribution in [2.45, 2.75) is 32.2 Å². The minimum atomic E-state index is -1.11. The average Bonchev–Trinajstić information content (AvgIpc) is 2.33. The minimum absolute atomic E-state index is 0.0689. The molecule has 1 aromatic rings. The van der Waals surface area contributed by atoms with Crippen molar-refractivity contribution in [3.8, 4) is 11.5 Å². The highest BCUT2D eigenvalue weighted by molar-refractivity contribution is 5.98. The number of carboxylic acid groups (broad SMARTS) is 1. The van der Waals surface area contributed by atoms with Gasteiger partial charge in [-0.1, -0.05) is 19.8 Å². The number of aliphatic carboxylic acids is 1. The van der Waals surface area contributed by atoms with Crippen molar-refractivity contribution >= 4 is 11.9 Å². The number of phenols is 2. The Morgan fingerprint density at radius 2 is 2.00 bits per heavy atom. The summed E-state index contributed by atoms with van der Waals surface area (Å²) in [6, 6.07) is 2.52. The second kappa shape index (κ2) is 6.63. The van der Waals surface area contributed by atoms with E-state index in [1.165, 1.54) is 12.1 Å². The molecular formula is C13H17NO5. The van der Waals surface area contributed by atoms with Gasteiger partial charge in [0.15, 0.2) is 0 Å². The lowest BCUT2D eigenvalue weighted by Crippen LogP contribution is -2.40. The number of phenolic OH excluding ortho intramolecular Hbond substituents is 2. The number of nitrogens with one attached hydrogen (secondary N) is 1. The third kappa shape index (κ3) is 4.17. The van der Waals surface area contributed by atoms with Crippen LogP contribution in [-0.2, 0) is 4.79 Å². The second-order valence-electron chi connectivity index (χ2n) is 4.21. The second-order valence-corrected chi connectivity index (χ2v) is 4.21. The molecule has 0 aliphatic heterocycles. The quantitative estimate of drug-likeness (QED) is 0.624. The zero-order valence-electron chi connectivity index (χ0n) is 10.6. The van der Waals surface area contributed by atoms with Crippen LogP contribution in [0.25, 0.3) is 0 Å². The van der Waals surface area contributed by atoms with Gasteiger partial charge in [-0.3, -0.25) is 4.79 Å². The van der Waals surface area contributed by atoms with E-state index in [-0.39, 0.29) is 11.3 Å². The van der Waals surface area contributed by atoms with Crippen LogP contribution in [0.1, 0.15) is 36.5 Å². The van der Waals surface area contributed by atoms with Crippen LogP contribution < -0.4 is 5.32 Å². The number of unbranched alkanes of at least 4 members (excludes halogenated alkanes) is 1. The van der Waals surface area contributed by atoms with Gasteiger partial charge < -0.3 is 20.6 Å². The Morgan fingerprint density at radius 1 is 1.32 bits per heavy atom. The number of aromatic hydroxyl groups is 2. The lowest BCUT2D eigenvalue weighted by Gasteiger charge is -2.14. The Bertz CT molecular complexity index is 472. The summed E-state index contributed by atoms with van der Waals surface area (Å²) in [4.78, 5) is 22.8. The van der Waals surface area contributed by atoms with E-state index in [0.29, 0.717) is 12.8 Å². The first-order valence-corrected chi connectivity index (χ1v) is 6.01. The molecule has 0 heterocycles. The number of hydrogen-bond acceptors (Lipinski definition) is 4. The van der Waals surface area contributed by atoms with E-state index in [2.05, 4.69) is 5.32 Å². The molecule has 0 bridgehead atoms. The van der Waals surface area contributed by atoms with Gasteiger partial charge in [0.25, 0.3) is 5.91 Å². The zero-order chi connectivity index (χ0) is 14.4. The molecule has 19 heavy (non-hydrogen) atoms. The maximum atomic E-state index is 11.8. The predicted octanol–water partition coefficient (Wildman–Crippen LogP) is 1.47. The van der Waals surface area contributed by atoms with Crippen molar-refractivity contribution in [2.24, 2.45) is 0 Å². The number of rotatable bonds is 6. The highest BCUT2D eigenvalue weighted by atomic mass is 16.4. The topological polar surface area (TPSA) is 107 Å². The molecule has 0 spiro atoms. The maximum Gasteiger partial charge on any atom is 0.326 e. The molecule has 0 aromatic heterocycles. The Kier molecular flexibility index (Phi) is 5.17. The minimum Gasteiger partial charge on any atom is -0.508 e. The fourth-order valence-electron chi connectivity index (χ4n) is 1.61. The molecule has 1 amide bonds. The van der Waals surface area contributed by atoms with E-state index in [1.54, 1.807) is 0 Å². The molecule has 4 N–H and O–H groups in total. The standard InChI is InChI=1S/C13H17NO5/c1-2-3-4-10(13(18)19)14-12(17)9-6-5-8(15)7-11(9)16/h5-7,10,15-16H,2-4H2,1H3,(H,14,17)(H,18,19)/t10-/m0/s1. The van der Waals surface area contributed by atoms with Gasteiger partial charge in [0.2, 0.25) is 0 Å². The summed E-state index contributed by atoms with van der Waals surface area (Å²) >= 11 is 0. The van der Waals surface area contributed by atoms with Crippen LogP contribution in [0.4, 0.5) is 0 Å². The third-order valence-electron chi connectivity index (χ3n) is 2.68. The molecule has 1 rings (SSSR count). The van der Waals surface area contributed by atoms with Crippen molar-refractivity contribution < 1.29 is 24.9 Å². The van der Waals surface area contributed by atoms with Crippen LogP contribution in [0, 0.1) is 0 Å². The van der Waals surface area contributed by atoms with Crippen LogP contribution in [0.15, 0.2) is 18.2 Å². The first kappa shape index (κ1) is 14.8. The van der Waals surface area contributed by atoms with Crippen LogP contribution >= 0.6 is 0 Å². The molecule has 0 aliphatic rings. The summed E-state index contributed by atoms with van der Waals surface area (Å²) < 4.78 is 0. The van der Waals surface area contributed by atoms with E-state index in [0.717, 1.165) is 12.5 Å². The molecular weight excluding hydrogens is 250 g/mol. The van der Waals surface area contributed by atoms with Crippen LogP contribution in [0.5, 0.6) is 11.5 Å². The normalized spacial score (nSPS) is 11.8.